The Morgan fingerprint density at radius 3 is 2.83 bits per heavy atom. The maximum absolute atomic E-state index is 12.0. The van der Waals surface area contributed by atoms with Crippen LogP contribution in [0.1, 0.15) is 28.2 Å². The van der Waals surface area contributed by atoms with E-state index in [9.17, 15) is 4.79 Å². The van der Waals surface area contributed by atoms with Crippen molar-refractivity contribution >= 4 is 22.4 Å². The standard InChI is InChI=1S/C12H17N3O2S/c1-8-10(11(16)14-9-2-3-9)18-12(13-8)15-4-6-17-7-5-15/h9H,2-7H2,1H3,(H,14,16). The lowest BCUT2D eigenvalue weighted by molar-refractivity contribution is 0.0954. The number of aromatic nitrogens is 1. The quantitative estimate of drug-likeness (QED) is 0.893. The smallest absolute Gasteiger partial charge is 0.263 e. The number of aryl methyl sites for hydroxylation is 1. The molecule has 1 saturated heterocycles. The van der Waals surface area contributed by atoms with Crippen LogP contribution in [0, 0.1) is 6.92 Å². The Labute approximate surface area is 110 Å². The number of amides is 1. The third-order valence-electron chi connectivity index (χ3n) is 3.19. The van der Waals surface area contributed by atoms with E-state index in [1.54, 1.807) is 0 Å². The normalized spacial score (nSPS) is 19.9. The zero-order valence-corrected chi connectivity index (χ0v) is 11.3. The number of rotatable bonds is 3. The van der Waals surface area contributed by atoms with Crippen LogP contribution >= 0.6 is 11.3 Å². The fraction of sp³-hybridized carbons (Fsp3) is 0.667. The lowest BCUT2D eigenvalue weighted by Crippen LogP contribution is -2.36. The molecule has 1 aromatic rings. The fourth-order valence-corrected chi connectivity index (χ4v) is 2.98. The highest BCUT2D eigenvalue weighted by molar-refractivity contribution is 7.17. The maximum atomic E-state index is 12.0. The fourth-order valence-electron chi connectivity index (χ4n) is 1.96. The Kier molecular flexibility index (Phi) is 3.22. The first-order chi connectivity index (χ1) is 8.74. The molecule has 2 fully saturated rings. The summed E-state index contributed by atoms with van der Waals surface area (Å²) in [5, 5.41) is 3.96. The lowest BCUT2D eigenvalue weighted by atomic mass is 10.3. The van der Waals surface area contributed by atoms with Gasteiger partial charge in [0.25, 0.3) is 5.91 Å². The van der Waals surface area contributed by atoms with Crippen LogP contribution < -0.4 is 10.2 Å². The van der Waals surface area contributed by atoms with Crippen LogP contribution in [0.3, 0.4) is 0 Å². The number of carbonyl (C=O) groups is 1. The van der Waals surface area contributed by atoms with Crippen LogP contribution in [0.4, 0.5) is 5.13 Å². The van der Waals surface area contributed by atoms with E-state index in [1.165, 1.54) is 11.3 Å². The second-order valence-corrected chi connectivity index (χ2v) is 5.74. The minimum absolute atomic E-state index is 0.0343. The summed E-state index contributed by atoms with van der Waals surface area (Å²) >= 11 is 1.49. The molecular formula is C12H17N3O2S. The molecule has 1 aliphatic carbocycles. The summed E-state index contributed by atoms with van der Waals surface area (Å²) < 4.78 is 5.32. The molecule has 2 heterocycles. The van der Waals surface area contributed by atoms with E-state index in [4.69, 9.17) is 4.74 Å². The van der Waals surface area contributed by atoms with Crippen molar-refractivity contribution in [3.05, 3.63) is 10.6 Å². The maximum Gasteiger partial charge on any atom is 0.263 e. The van der Waals surface area contributed by atoms with E-state index in [1.807, 2.05) is 6.92 Å². The van der Waals surface area contributed by atoms with Gasteiger partial charge in [-0.3, -0.25) is 4.79 Å². The third kappa shape index (κ3) is 2.49. The number of anilines is 1. The first-order valence-electron chi connectivity index (χ1n) is 6.35. The van der Waals surface area contributed by atoms with E-state index < -0.39 is 0 Å². The Morgan fingerprint density at radius 2 is 2.17 bits per heavy atom. The van der Waals surface area contributed by atoms with Crippen molar-refractivity contribution in [2.45, 2.75) is 25.8 Å². The van der Waals surface area contributed by atoms with Gasteiger partial charge in [0.05, 0.1) is 18.9 Å². The van der Waals surface area contributed by atoms with Gasteiger partial charge in [-0.2, -0.15) is 0 Å². The van der Waals surface area contributed by atoms with Crippen molar-refractivity contribution in [1.82, 2.24) is 10.3 Å². The molecule has 98 valence electrons. The predicted octanol–water partition coefficient (Wildman–Crippen LogP) is 1.18. The summed E-state index contributed by atoms with van der Waals surface area (Å²) in [7, 11) is 0. The molecule has 18 heavy (non-hydrogen) atoms. The molecule has 1 aliphatic heterocycles. The van der Waals surface area contributed by atoms with Gasteiger partial charge in [-0.25, -0.2) is 4.98 Å². The van der Waals surface area contributed by atoms with Gasteiger partial charge in [0, 0.05) is 19.1 Å². The Balaban J connectivity index is 1.74. The summed E-state index contributed by atoms with van der Waals surface area (Å²) in [6.45, 7) is 5.10. The molecule has 1 aromatic heterocycles. The van der Waals surface area contributed by atoms with Gasteiger partial charge < -0.3 is 15.0 Å². The van der Waals surface area contributed by atoms with Gasteiger partial charge in [-0.05, 0) is 19.8 Å². The third-order valence-corrected chi connectivity index (χ3v) is 4.40. The van der Waals surface area contributed by atoms with Crippen molar-refractivity contribution < 1.29 is 9.53 Å². The predicted molar refractivity (Wildman–Crippen MR) is 70.4 cm³/mol. The average Bonchev–Trinajstić information content (AvgIpc) is 3.10. The van der Waals surface area contributed by atoms with Crippen LogP contribution in [-0.2, 0) is 4.74 Å². The molecule has 1 N–H and O–H groups in total. The van der Waals surface area contributed by atoms with Crippen molar-refractivity contribution in [3.8, 4) is 0 Å². The average molecular weight is 267 g/mol. The minimum Gasteiger partial charge on any atom is -0.378 e. The molecule has 5 nitrogen and oxygen atoms in total. The molecule has 1 saturated carbocycles. The topological polar surface area (TPSA) is 54.5 Å². The van der Waals surface area contributed by atoms with E-state index in [-0.39, 0.29) is 5.91 Å². The summed E-state index contributed by atoms with van der Waals surface area (Å²) in [6.07, 6.45) is 2.22. The lowest BCUT2D eigenvalue weighted by Gasteiger charge is -2.25. The van der Waals surface area contributed by atoms with Gasteiger partial charge in [0.15, 0.2) is 5.13 Å². The van der Waals surface area contributed by atoms with Crippen molar-refractivity contribution in [1.29, 1.82) is 0 Å². The van der Waals surface area contributed by atoms with E-state index in [2.05, 4.69) is 15.2 Å². The molecule has 0 atom stereocenters. The highest BCUT2D eigenvalue weighted by Crippen LogP contribution is 2.28. The summed E-state index contributed by atoms with van der Waals surface area (Å²) in [5.74, 6) is 0.0343. The highest BCUT2D eigenvalue weighted by Gasteiger charge is 2.26. The Bertz CT molecular complexity index is 450. The molecule has 0 unspecified atom stereocenters. The number of nitrogens with one attached hydrogen (secondary N) is 1. The Hall–Kier alpha value is -1.14. The molecule has 6 heteroatoms. The molecule has 2 aliphatic rings. The largest absolute Gasteiger partial charge is 0.378 e. The second kappa shape index (κ2) is 4.85. The van der Waals surface area contributed by atoms with Crippen LogP contribution in [0.5, 0.6) is 0 Å². The first kappa shape index (κ1) is 11.9. The van der Waals surface area contributed by atoms with Gasteiger partial charge in [-0.1, -0.05) is 11.3 Å². The van der Waals surface area contributed by atoms with E-state index in [0.717, 1.165) is 54.8 Å². The monoisotopic (exact) mass is 267 g/mol. The van der Waals surface area contributed by atoms with Gasteiger partial charge >= 0.3 is 0 Å². The zero-order valence-electron chi connectivity index (χ0n) is 10.4. The van der Waals surface area contributed by atoms with Crippen LogP contribution in [0.2, 0.25) is 0 Å². The molecule has 0 radical (unpaired) electrons. The first-order valence-corrected chi connectivity index (χ1v) is 7.16. The summed E-state index contributed by atoms with van der Waals surface area (Å²) in [5.41, 5.74) is 0.833. The van der Waals surface area contributed by atoms with Gasteiger partial charge in [0.1, 0.15) is 4.88 Å². The summed E-state index contributed by atoms with van der Waals surface area (Å²) in [6, 6.07) is 0.394. The van der Waals surface area contributed by atoms with Crippen LogP contribution in [-0.4, -0.2) is 43.2 Å². The molecule has 0 aromatic carbocycles. The van der Waals surface area contributed by atoms with Gasteiger partial charge in [-0.15, -0.1) is 0 Å². The molecule has 0 bridgehead atoms. The van der Waals surface area contributed by atoms with Crippen molar-refractivity contribution in [2.24, 2.45) is 0 Å². The minimum atomic E-state index is 0.0343. The molecule has 1 amide bonds. The number of ether oxygens (including phenoxy) is 1. The number of carbonyl (C=O) groups excluding carboxylic acids is 1. The van der Waals surface area contributed by atoms with Gasteiger partial charge in [0.2, 0.25) is 0 Å². The van der Waals surface area contributed by atoms with Crippen LogP contribution in [0.15, 0.2) is 0 Å². The molecule has 3 rings (SSSR count). The van der Waals surface area contributed by atoms with E-state index in [0.29, 0.717) is 6.04 Å². The number of nitrogens with zero attached hydrogens (tertiary/aromatic N) is 2. The SMILES string of the molecule is Cc1nc(N2CCOCC2)sc1C(=O)NC1CC1. The van der Waals surface area contributed by atoms with Crippen LogP contribution in [0.25, 0.3) is 0 Å². The summed E-state index contributed by atoms with van der Waals surface area (Å²) in [4.78, 5) is 19.5. The number of morpholine rings is 1. The molecule has 0 spiro atoms. The number of hydrogen-bond donors (Lipinski definition) is 1. The number of hydrogen-bond acceptors (Lipinski definition) is 5. The second-order valence-electron chi connectivity index (χ2n) is 4.76. The number of thiazole rings is 1. The van der Waals surface area contributed by atoms with E-state index >= 15 is 0 Å². The van der Waals surface area contributed by atoms with Crippen molar-refractivity contribution in [2.75, 3.05) is 31.2 Å². The molecular weight excluding hydrogens is 250 g/mol. The Morgan fingerprint density at radius 1 is 1.44 bits per heavy atom. The highest BCUT2D eigenvalue weighted by atomic mass is 32.1. The zero-order chi connectivity index (χ0) is 12.5. The van der Waals surface area contributed by atoms with Crippen molar-refractivity contribution in [3.63, 3.8) is 0 Å².